The van der Waals surface area contributed by atoms with Crippen molar-refractivity contribution < 1.29 is 9.53 Å². The summed E-state index contributed by atoms with van der Waals surface area (Å²) in [5.74, 6) is 0.781. The van der Waals surface area contributed by atoms with Gasteiger partial charge in [-0.1, -0.05) is 72.8 Å². The van der Waals surface area contributed by atoms with E-state index < -0.39 is 0 Å². The van der Waals surface area contributed by atoms with Gasteiger partial charge in [0.2, 0.25) is 5.91 Å². The molecule has 0 spiro atoms. The molecule has 1 aliphatic carbocycles. The number of carbonyl (C=O) groups excluding carboxylic acids is 1. The van der Waals surface area contributed by atoms with E-state index in [1.54, 1.807) is 0 Å². The second-order valence-electron chi connectivity index (χ2n) is 8.62. The van der Waals surface area contributed by atoms with Gasteiger partial charge in [0.1, 0.15) is 5.82 Å². The summed E-state index contributed by atoms with van der Waals surface area (Å²) < 4.78 is 6.27. The maximum Gasteiger partial charge on any atom is 0.228 e. The van der Waals surface area contributed by atoms with Crippen LogP contribution in [0.2, 0.25) is 0 Å². The Hall–Kier alpha value is -3.15. The summed E-state index contributed by atoms with van der Waals surface area (Å²) in [5.41, 5.74) is 2.34. The number of amides is 1. The lowest BCUT2D eigenvalue weighted by Gasteiger charge is -2.36. The smallest absolute Gasteiger partial charge is 0.228 e. The van der Waals surface area contributed by atoms with Crippen molar-refractivity contribution in [1.82, 2.24) is 15.5 Å². The lowest BCUT2D eigenvalue weighted by Crippen LogP contribution is -2.47. The van der Waals surface area contributed by atoms with E-state index in [0.29, 0.717) is 19.6 Å². The fourth-order valence-corrected chi connectivity index (χ4v) is 4.46. The van der Waals surface area contributed by atoms with Crippen molar-refractivity contribution in [2.45, 2.75) is 44.6 Å². The highest BCUT2D eigenvalue weighted by atomic mass is 16.5. The van der Waals surface area contributed by atoms with Gasteiger partial charge in [-0.15, -0.1) is 0 Å². The van der Waals surface area contributed by atoms with Gasteiger partial charge in [0.05, 0.1) is 12.7 Å². The standard InChI is InChI=1S/C28H33N3O2/c1-29-25-17-16-24(19-26(25)33-21-23-13-7-3-8-14-23)28(32)30-27-15-9-4-10-18-31(27)20-22-11-5-2-6-12-22/h2-15,18,24-26,29H,16-17,19-21H2,1H3,(H,30,32). The zero-order chi connectivity index (χ0) is 22.9. The molecule has 1 amide bonds. The number of nitrogens with one attached hydrogen (secondary N) is 2. The molecule has 0 radical (unpaired) electrons. The van der Waals surface area contributed by atoms with Crippen molar-refractivity contribution >= 4 is 5.91 Å². The van der Waals surface area contributed by atoms with Gasteiger partial charge in [-0.2, -0.15) is 0 Å². The minimum absolute atomic E-state index is 0.00281. The molecule has 33 heavy (non-hydrogen) atoms. The number of ether oxygens (including phenoxy) is 1. The van der Waals surface area contributed by atoms with Gasteiger partial charge in [-0.25, -0.2) is 0 Å². The Kier molecular flexibility index (Phi) is 8.12. The fraction of sp³-hybridized carbons (Fsp3) is 0.321. The van der Waals surface area contributed by atoms with E-state index in [1.807, 2.05) is 73.9 Å². The zero-order valence-electron chi connectivity index (χ0n) is 19.2. The summed E-state index contributed by atoms with van der Waals surface area (Å²) in [4.78, 5) is 15.4. The molecule has 5 nitrogen and oxygen atoms in total. The predicted octanol–water partition coefficient (Wildman–Crippen LogP) is 4.50. The van der Waals surface area contributed by atoms with Crippen LogP contribution < -0.4 is 10.6 Å². The molecule has 0 aromatic heterocycles. The second kappa shape index (κ2) is 11.6. The van der Waals surface area contributed by atoms with Gasteiger partial charge in [0.15, 0.2) is 0 Å². The van der Waals surface area contributed by atoms with Gasteiger partial charge in [-0.05, 0) is 49.6 Å². The Morgan fingerprint density at radius 2 is 1.70 bits per heavy atom. The van der Waals surface area contributed by atoms with Crippen molar-refractivity contribution in [2.24, 2.45) is 5.92 Å². The Morgan fingerprint density at radius 3 is 2.42 bits per heavy atom. The summed E-state index contributed by atoms with van der Waals surface area (Å²) in [5, 5.41) is 6.57. The second-order valence-corrected chi connectivity index (χ2v) is 8.62. The first-order valence-corrected chi connectivity index (χ1v) is 11.7. The third kappa shape index (κ3) is 6.44. The predicted molar refractivity (Wildman–Crippen MR) is 132 cm³/mol. The Balaban J connectivity index is 1.39. The summed E-state index contributed by atoms with van der Waals surface area (Å²) in [6.07, 6.45) is 12.4. The lowest BCUT2D eigenvalue weighted by atomic mass is 9.83. The first-order valence-electron chi connectivity index (χ1n) is 11.7. The van der Waals surface area contributed by atoms with E-state index in [0.717, 1.165) is 24.2 Å². The van der Waals surface area contributed by atoms with Crippen molar-refractivity contribution in [2.75, 3.05) is 7.05 Å². The molecule has 172 valence electrons. The minimum Gasteiger partial charge on any atom is -0.372 e. The highest BCUT2D eigenvalue weighted by molar-refractivity contribution is 5.80. The topological polar surface area (TPSA) is 53.6 Å². The van der Waals surface area contributed by atoms with Crippen LogP contribution in [0.1, 0.15) is 30.4 Å². The normalized spacial score (nSPS) is 22.5. The molecule has 1 saturated carbocycles. The van der Waals surface area contributed by atoms with E-state index in [9.17, 15) is 4.79 Å². The molecule has 0 bridgehead atoms. The van der Waals surface area contributed by atoms with Crippen LogP contribution >= 0.6 is 0 Å². The number of nitrogens with zero attached hydrogens (tertiary/aromatic N) is 1. The highest BCUT2D eigenvalue weighted by Crippen LogP contribution is 2.28. The monoisotopic (exact) mass is 443 g/mol. The van der Waals surface area contributed by atoms with E-state index >= 15 is 0 Å². The van der Waals surface area contributed by atoms with Crippen LogP contribution in [-0.2, 0) is 22.7 Å². The number of carbonyl (C=O) groups is 1. The molecule has 1 fully saturated rings. The molecule has 2 N–H and O–H groups in total. The van der Waals surface area contributed by atoms with Crippen molar-refractivity contribution in [3.05, 3.63) is 108 Å². The molecule has 1 aliphatic heterocycles. The van der Waals surface area contributed by atoms with Crippen LogP contribution in [0.3, 0.4) is 0 Å². The minimum atomic E-state index is -0.0777. The largest absolute Gasteiger partial charge is 0.372 e. The van der Waals surface area contributed by atoms with Gasteiger partial charge in [0.25, 0.3) is 0 Å². The Labute approximate surface area is 196 Å². The molecule has 2 aromatic carbocycles. The van der Waals surface area contributed by atoms with Gasteiger partial charge in [0, 0.05) is 24.7 Å². The number of hydrogen-bond acceptors (Lipinski definition) is 4. The van der Waals surface area contributed by atoms with Crippen molar-refractivity contribution in [3.8, 4) is 0 Å². The zero-order valence-corrected chi connectivity index (χ0v) is 19.2. The third-order valence-corrected chi connectivity index (χ3v) is 6.34. The number of hydrogen-bond donors (Lipinski definition) is 2. The molecule has 1 heterocycles. The summed E-state index contributed by atoms with van der Waals surface area (Å²) in [6, 6.07) is 20.7. The quantitative estimate of drug-likeness (QED) is 0.631. The molecular formula is C28H33N3O2. The van der Waals surface area contributed by atoms with Crippen molar-refractivity contribution in [1.29, 1.82) is 0 Å². The lowest BCUT2D eigenvalue weighted by molar-refractivity contribution is -0.128. The van der Waals surface area contributed by atoms with Crippen molar-refractivity contribution in [3.63, 3.8) is 0 Å². The average molecular weight is 444 g/mol. The number of rotatable bonds is 8. The van der Waals surface area contributed by atoms with Crippen LogP contribution in [0.25, 0.3) is 0 Å². The maximum absolute atomic E-state index is 13.3. The third-order valence-electron chi connectivity index (χ3n) is 6.34. The Morgan fingerprint density at radius 1 is 0.970 bits per heavy atom. The van der Waals surface area contributed by atoms with Crippen LogP contribution in [0.15, 0.2) is 97.0 Å². The number of benzene rings is 2. The first-order chi connectivity index (χ1) is 16.2. The fourth-order valence-electron chi connectivity index (χ4n) is 4.46. The van der Waals surface area contributed by atoms with Crippen LogP contribution in [0.5, 0.6) is 0 Å². The Bertz CT molecular complexity index is 985. The average Bonchev–Trinajstić information content (AvgIpc) is 3.08. The molecule has 2 aromatic rings. The molecule has 3 atom stereocenters. The van der Waals surface area contributed by atoms with Gasteiger partial charge >= 0.3 is 0 Å². The van der Waals surface area contributed by atoms with E-state index in [2.05, 4.69) is 39.8 Å². The SMILES string of the molecule is CNC1CCC(C(=O)NC2=CC=CC=CN2Cc2ccccc2)CC1OCc1ccccc1. The molecule has 5 heteroatoms. The summed E-state index contributed by atoms with van der Waals surface area (Å²) in [6.45, 7) is 1.25. The molecule has 3 unspecified atom stereocenters. The molecular weight excluding hydrogens is 410 g/mol. The summed E-state index contributed by atoms with van der Waals surface area (Å²) in [7, 11) is 1.97. The van der Waals surface area contributed by atoms with Gasteiger partial charge < -0.3 is 20.3 Å². The van der Waals surface area contributed by atoms with Crippen LogP contribution in [0.4, 0.5) is 0 Å². The van der Waals surface area contributed by atoms with Crippen LogP contribution in [0, 0.1) is 5.92 Å². The number of likely N-dealkylation sites (N-methyl/N-ethyl adjacent to an activating group) is 1. The van der Waals surface area contributed by atoms with E-state index in [1.165, 1.54) is 5.56 Å². The summed E-state index contributed by atoms with van der Waals surface area (Å²) >= 11 is 0. The number of allylic oxidation sites excluding steroid dienone is 4. The van der Waals surface area contributed by atoms with Crippen LogP contribution in [-0.4, -0.2) is 30.0 Å². The highest BCUT2D eigenvalue weighted by Gasteiger charge is 2.34. The van der Waals surface area contributed by atoms with Gasteiger partial charge in [-0.3, -0.25) is 4.79 Å². The maximum atomic E-state index is 13.3. The molecule has 0 saturated heterocycles. The first kappa shape index (κ1) is 23.0. The van der Waals surface area contributed by atoms with E-state index in [4.69, 9.17) is 4.74 Å². The van der Waals surface area contributed by atoms with E-state index in [-0.39, 0.29) is 24.0 Å². The molecule has 2 aliphatic rings. The molecule has 4 rings (SSSR count).